The first-order valence-corrected chi connectivity index (χ1v) is 6.98. The number of carboxylic acids is 1. The van der Waals surface area contributed by atoms with Gasteiger partial charge in [0, 0.05) is 24.9 Å². The van der Waals surface area contributed by atoms with Gasteiger partial charge in [0.15, 0.2) is 0 Å². The molecule has 1 aromatic carbocycles. The van der Waals surface area contributed by atoms with Gasteiger partial charge in [-0.1, -0.05) is 30.3 Å². The van der Waals surface area contributed by atoms with Crippen molar-refractivity contribution in [1.29, 1.82) is 0 Å². The van der Waals surface area contributed by atoms with Crippen molar-refractivity contribution in [3.63, 3.8) is 0 Å². The van der Waals surface area contributed by atoms with Crippen LogP contribution in [0.1, 0.15) is 12.0 Å². The van der Waals surface area contributed by atoms with E-state index in [1.54, 1.807) is 0 Å². The van der Waals surface area contributed by atoms with Crippen LogP contribution >= 0.6 is 0 Å². The highest BCUT2D eigenvalue weighted by molar-refractivity contribution is 5.90. The Labute approximate surface area is 126 Å². The van der Waals surface area contributed by atoms with Crippen molar-refractivity contribution >= 4 is 18.0 Å². The van der Waals surface area contributed by atoms with E-state index in [0.29, 0.717) is 0 Å². The molecule has 0 aromatic heterocycles. The molecular weight excluding hydrogens is 288 g/mol. The fourth-order valence-corrected chi connectivity index (χ4v) is 3.06. The van der Waals surface area contributed by atoms with Crippen molar-refractivity contribution < 1.29 is 24.2 Å². The average molecular weight is 304 g/mol. The molecule has 3 rings (SSSR count). The zero-order valence-electron chi connectivity index (χ0n) is 11.8. The van der Waals surface area contributed by atoms with Crippen LogP contribution in [-0.4, -0.2) is 47.1 Å². The van der Waals surface area contributed by atoms with E-state index in [9.17, 15) is 14.4 Å². The Hall–Kier alpha value is -2.57. The van der Waals surface area contributed by atoms with E-state index in [0.717, 1.165) is 5.56 Å². The molecular formula is C15H16N2O5. The van der Waals surface area contributed by atoms with Crippen LogP contribution in [0.4, 0.5) is 4.79 Å². The number of nitrogens with zero attached hydrogens (tertiary/aromatic N) is 1. The van der Waals surface area contributed by atoms with E-state index < -0.39 is 23.5 Å². The monoisotopic (exact) mass is 304 g/mol. The summed E-state index contributed by atoms with van der Waals surface area (Å²) in [6.45, 7) is 0.607. The second kappa shape index (κ2) is 5.32. The third-order valence-electron chi connectivity index (χ3n) is 4.15. The van der Waals surface area contributed by atoms with Crippen molar-refractivity contribution in [3.05, 3.63) is 35.9 Å². The molecule has 0 saturated carbocycles. The van der Waals surface area contributed by atoms with Gasteiger partial charge < -0.3 is 20.1 Å². The molecule has 2 amide bonds. The average Bonchev–Trinajstić information content (AvgIpc) is 2.82. The van der Waals surface area contributed by atoms with Crippen LogP contribution < -0.4 is 5.32 Å². The molecule has 0 aliphatic carbocycles. The van der Waals surface area contributed by atoms with Crippen LogP contribution in [0, 0.1) is 5.41 Å². The van der Waals surface area contributed by atoms with Gasteiger partial charge in [-0.05, 0) is 5.56 Å². The van der Waals surface area contributed by atoms with E-state index in [4.69, 9.17) is 9.84 Å². The maximum Gasteiger partial charge on any atom is 0.410 e. The second-order valence-electron chi connectivity index (χ2n) is 5.77. The van der Waals surface area contributed by atoms with Crippen LogP contribution in [0.3, 0.4) is 0 Å². The summed E-state index contributed by atoms with van der Waals surface area (Å²) < 4.78 is 5.19. The smallest absolute Gasteiger partial charge is 0.410 e. The Kier molecular flexibility index (Phi) is 3.48. The van der Waals surface area contributed by atoms with Gasteiger partial charge in [-0.15, -0.1) is 0 Å². The standard InChI is InChI=1S/C15H16N2O5/c18-11-6-15(12(16-11)13(19)20)8-17(9-15)14(21)22-7-10-4-2-1-3-5-10/h1-5,12H,6-9H2,(H,16,18)(H,19,20). The Bertz CT molecular complexity index is 610. The molecule has 2 N–H and O–H groups in total. The summed E-state index contributed by atoms with van der Waals surface area (Å²) in [5.74, 6) is -1.35. The molecule has 116 valence electrons. The number of hydrogen-bond acceptors (Lipinski definition) is 4. The molecule has 1 aromatic rings. The maximum atomic E-state index is 11.9. The fourth-order valence-electron chi connectivity index (χ4n) is 3.06. The number of carbonyl (C=O) groups is 3. The first kappa shape index (κ1) is 14.4. The number of carboxylic acid groups (broad SMARTS) is 1. The summed E-state index contributed by atoms with van der Waals surface area (Å²) >= 11 is 0. The number of carbonyl (C=O) groups excluding carboxylic acids is 2. The number of amides is 2. The molecule has 2 aliphatic heterocycles. The van der Waals surface area contributed by atoms with Gasteiger partial charge in [-0.3, -0.25) is 4.79 Å². The normalized spacial score (nSPS) is 22.1. The molecule has 1 atom stereocenters. The number of rotatable bonds is 3. The van der Waals surface area contributed by atoms with Gasteiger partial charge in [-0.25, -0.2) is 9.59 Å². The topological polar surface area (TPSA) is 95.9 Å². The van der Waals surface area contributed by atoms with Crippen molar-refractivity contribution in [2.45, 2.75) is 19.1 Å². The number of hydrogen-bond donors (Lipinski definition) is 2. The molecule has 1 spiro atoms. The third-order valence-corrected chi connectivity index (χ3v) is 4.15. The zero-order valence-corrected chi connectivity index (χ0v) is 11.8. The molecule has 2 saturated heterocycles. The summed E-state index contributed by atoms with van der Waals surface area (Å²) in [6.07, 6.45) is -0.357. The first-order valence-electron chi connectivity index (χ1n) is 6.98. The Balaban J connectivity index is 1.55. The molecule has 0 radical (unpaired) electrons. The molecule has 0 bridgehead atoms. The summed E-state index contributed by atoms with van der Waals surface area (Å²) in [5.41, 5.74) is 0.182. The highest BCUT2D eigenvalue weighted by Crippen LogP contribution is 2.41. The van der Waals surface area contributed by atoms with E-state index in [-0.39, 0.29) is 32.0 Å². The number of likely N-dealkylation sites (tertiary alicyclic amines) is 1. The van der Waals surface area contributed by atoms with Gasteiger partial charge in [0.2, 0.25) is 5.91 Å². The van der Waals surface area contributed by atoms with Gasteiger partial charge in [0.05, 0.1) is 0 Å². The SMILES string of the molecule is O=C1CC2(CN(C(=O)OCc3ccccc3)C2)C(C(=O)O)N1. The predicted molar refractivity (Wildman–Crippen MR) is 74.8 cm³/mol. The van der Waals surface area contributed by atoms with E-state index in [2.05, 4.69) is 5.32 Å². The second-order valence-corrected chi connectivity index (χ2v) is 5.77. The minimum Gasteiger partial charge on any atom is -0.480 e. The lowest BCUT2D eigenvalue weighted by Gasteiger charge is -2.48. The first-order chi connectivity index (χ1) is 10.5. The Morgan fingerprint density at radius 1 is 1.32 bits per heavy atom. The van der Waals surface area contributed by atoms with Crippen molar-refractivity contribution in [2.75, 3.05) is 13.1 Å². The van der Waals surface area contributed by atoms with E-state index in [1.165, 1.54) is 4.90 Å². The lowest BCUT2D eigenvalue weighted by Crippen LogP contribution is -2.64. The summed E-state index contributed by atoms with van der Waals surface area (Å²) in [7, 11) is 0. The van der Waals surface area contributed by atoms with Crippen LogP contribution in [0.2, 0.25) is 0 Å². The summed E-state index contributed by atoms with van der Waals surface area (Å²) in [4.78, 5) is 36.0. The van der Waals surface area contributed by atoms with Gasteiger partial charge in [0.1, 0.15) is 12.6 Å². The van der Waals surface area contributed by atoms with Crippen LogP contribution in [-0.2, 0) is 20.9 Å². The molecule has 2 fully saturated rings. The van der Waals surface area contributed by atoms with Gasteiger partial charge in [0.25, 0.3) is 0 Å². The van der Waals surface area contributed by atoms with E-state index in [1.807, 2.05) is 30.3 Å². The predicted octanol–water partition coefficient (Wildman–Crippen LogP) is 0.598. The maximum absolute atomic E-state index is 11.9. The number of aliphatic carboxylic acids is 1. The third kappa shape index (κ3) is 2.49. The zero-order chi connectivity index (χ0) is 15.7. The van der Waals surface area contributed by atoms with Crippen molar-refractivity contribution in [2.24, 2.45) is 5.41 Å². The molecule has 2 heterocycles. The number of benzene rings is 1. The minimum atomic E-state index is -1.07. The molecule has 7 heteroatoms. The largest absolute Gasteiger partial charge is 0.480 e. The highest BCUT2D eigenvalue weighted by Gasteiger charge is 2.59. The lowest BCUT2D eigenvalue weighted by atomic mass is 9.73. The van der Waals surface area contributed by atoms with E-state index >= 15 is 0 Å². The van der Waals surface area contributed by atoms with Crippen LogP contribution in [0.15, 0.2) is 30.3 Å². The number of ether oxygens (including phenoxy) is 1. The highest BCUT2D eigenvalue weighted by atomic mass is 16.6. The Morgan fingerprint density at radius 2 is 2.00 bits per heavy atom. The minimum absolute atomic E-state index is 0.131. The summed E-state index contributed by atoms with van der Waals surface area (Å²) in [6, 6.07) is 8.36. The number of nitrogens with one attached hydrogen (secondary N) is 1. The van der Waals surface area contributed by atoms with Crippen molar-refractivity contribution in [1.82, 2.24) is 10.2 Å². The van der Waals surface area contributed by atoms with Crippen LogP contribution in [0.25, 0.3) is 0 Å². The quantitative estimate of drug-likeness (QED) is 0.852. The Morgan fingerprint density at radius 3 is 2.64 bits per heavy atom. The van der Waals surface area contributed by atoms with Crippen LogP contribution in [0.5, 0.6) is 0 Å². The lowest BCUT2D eigenvalue weighted by molar-refractivity contribution is -0.145. The van der Waals surface area contributed by atoms with Crippen molar-refractivity contribution in [3.8, 4) is 0 Å². The molecule has 1 unspecified atom stereocenters. The van der Waals surface area contributed by atoms with Gasteiger partial charge in [-0.2, -0.15) is 0 Å². The summed E-state index contributed by atoms with van der Waals surface area (Å²) in [5, 5.41) is 11.6. The fraction of sp³-hybridized carbons (Fsp3) is 0.400. The van der Waals surface area contributed by atoms with Gasteiger partial charge >= 0.3 is 12.1 Å². The molecule has 2 aliphatic rings. The molecule has 22 heavy (non-hydrogen) atoms. The molecule has 7 nitrogen and oxygen atoms in total.